The highest BCUT2D eigenvalue weighted by molar-refractivity contribution is 5.17. The first-order valence-corrected chi connectivity index (χ1v) is 15.3. The molecule has 0 amide bonds. The normalized spacial score (nSPS) is 45.0. The van der Waals surface area contributed by atoms with Gasteiger partial charge in [-0.05, 0) is 128 Å². The molecule has 0 heterocycles. The third kappa shape index (κ3) is 5.53. The largest absolute Gasteiger partial charge is 0.106 e. The van der Waals surface area contributed by atoms with Crippen LogP contribution in [0.1, 0.15) is 140 Å². The molecule has 4 saturated carbocycles. The minimum Gasteiger partial charge on any atom is -0.106 e. The number of rotatable bonds is 4. The molecule has 4 aliphatic carbocycles. The number of hydrogen-bond acceptors (Lipinski definition) is 0. The van der Waals surface area contributed by atoms with E-state index in [1.165, 1.54) is 76.2 Å². The molecule has 35 heavy (non-hydrogen) atoms. The van der Waals surface area contributed by atoms with Crippen molar-refractivity contribution in [1.82, 2.24) is 0 Å². The molecule has 0 aliphatic heterocycles. The molecule has 0 bridgehead atoms. The maximum atomic E-state index is 4.17. The summed E-state index contributed by atoms with van der Waals surface area (Å²) < 4.78 is 0. The zero-order chi connectivity index (χ0) is 26.8. The molecule has 0 radical (unpaired) electrons. The Morgan fingerprint density at radius 2 is 1.43 bits per heavy atom. The molecule has 204 valence electrons. The van der Waals surface area contributed by atoms with Gasteiger partial charge in [-0.15, -0.1) is 19.7 Å². The summed E-state index contributed by atoms with van der Waals surface area (Å²) in [4.78, 5) is 0. The molecule has 4 rings (SSSR count). The van der Waals surface area contributed by atoms with Crippen LogP contribution in [0.5, 0.6) is 0 Å². The molecular weight excluding hydrogens is 420 g/mol. The van der Waals surface area contributed by atoms with E-state index >= 15 is 0 Å². The Balaban J connectivity index is 0.000000655. The monoisotopic (exact) mass is 485 g/mol. The van der Waals surface area contributed by atoms with Crippen molar-refractivity contribution in [2.45, 2.75) is 140 Å². The second-order valence-electron chi connectivity index (χ2n) is 15.3. The lowest BCUT2D eigenvalue weighted by molar-refractivity contribution is -0.216. The lowest BCUT2D eigenvalue weighted by Gasteiger charge is -2.70. The highest BCUT2D eigenvalue weighted by Crippen LogP contribution is 2.76. The van der Waals surface area contributed by atoms with Gasteiger partial charge in [-0.1, -0.05) is 74.3 Å². The molecule has 9 unspecified atom stereocenters. The molecule has 0 nitrogen and oxygen atoms in total. The zero-order valence-electron chi connectivity index (χ0n) is 25.9. The average Bonchev–Trinajstić information content (AvgIpc) is 3.12. The van der Waals surface area contributed by atoms with E-state index in [0.29, 0.717) is 21.7 Å². The molecule has 0 aromatic carbocycles. The Kier molecular flexibility index (Phi) is 10.1. The first-order valence-electron chi connectivity index (χ1n) is 15.3. The van der Waals surface area contributed by atoms with Crippen molar-refractivity contribution in [1.29, 1.82) is 0 Å². The third-order valence-electron chi connectivity index (χ3n) is 12.2. The predicted octanol–water partition coefficient (Wildman–Crippen LogP) is 11.5. The van der Waals surface area contributed by atoms with Crippen molar-refractivity contribution < 1.29 is 0 Å². The number of allylic oxidation sites excluding steroid dienone is 1. The molecule has 0 saturated heterocycles. The summed E-state index contributed by atoms with van der Waals surface area (Å²) in [7, 11) is 0. The van der Waals surface area contributed by atoms with Crippen LogP contribution in [-0.2, 0) is 0 Å². The van der Waals surface area contributed by atoms with Crippen LogP contribution in [-0.4, -0.2) is 0 Å². The summed E-state index contributed by atoms with van der Waals surface area (Å²) in [6, 6.07) is 0. The zero-order valence-corrected chi connectivity index (χ0v) is 25.9. The van der Waals surface area contributed by atoms with Crippen molar-refractivity contribution in [3.05, 3.63) is 25.3 Å². The van der Waals surface area contributed by atoms with E-state index < -0.39 is 0 Å². The molecule has 0 N–H and O–H groups in total. The van der Waals surface area contributed by atoms with Gasteiger partial charge < -0.3 is 0 Å². The van der Waals surface area contributed by atoms with Gasteiger partial charge in [-0.25, -0.2) is 0 Å². The number of hydrogen-bond donors (Lipinski definition) is 0. The van der Waals surface area contributed by atoms with E-state index in [4.69, 9.17) is 0 Å². The highest BCUT2D eigenvalue weighted by Gasteiger charge is 2.68. The van der Waals surface area contributed by atoms with Gasteiger partial charge in [-0.2, -0.15) is 0 Å². The smallest absolute Gasteiger partial charge is 0.0215 e. The maximum absolute atomic E-state index is 4.17. The van der Waals surface area contributed by atoms with Crippen LogP contribution in [0.4, 0.5) is 0 Å². The van der Waals surface area contributed by atoms with Gasteiger partial charge >= 0.3 is 0 Å². The van der Waals surface area contributed by atoms with Gasteiger partial charge in [0, 0.05) is 0 Å². The number of fused-ring (bicyclic) bond motifs is 5. The van der Waals surface area contributed by atoms with E-state index in [1.54, 1.807) is 0 Å². The second-order valence-corrected chi connectivity index (χ2v) is 15.3. The van der Waals surface area contributed by atoms with Crippen molar-refractivity contribution >= 4 is 0 Å². The average molecular weight is 485 g/mol. The molecule has 0 spiro atoms. The first kappa shape index (κ1) is 30.7. The maximum Gasteiger partial charge on any atom is -0.0215 e. The fourth-order valence-electron chi connectivity index (χ4n) is 10.1. The Bertz CT molecular complexity index is 700. The summed E-state index contributed by atoms with van der Waals surface area (Å²) in [5, 5.41) is 0. The van der Waals surface area contributed by atoms with Gasteiger partial charge in [-0.3, -0.25) is 0 Å². The first-order chi connectivity index (χ1) is 16.2. The van der Waals surface area contributed by atoms with E-state index in [0.717, 1.165) is 35.5 Å². The standard InChI is InChI=1S/C29H50.C4H10.C2H4/c1-20(2)9-10-22(4)23-11-12-24-25-14-15-26(5)19-21(3)13-16-29(26,8)28(25,7)18-17-27(23,24)6;1-4(2)3;1-2/h21-25H,1,9-19H2,2-8H3;4H,1-3H3;1-2H2. The molecule has 9 atom stereocenters. The van der Waals surface area contributed by atoms with Crippen LogP contribution >= 0.6 is 0 Å². The Labute approximate surface area is 222 Å². The Morgan fingerprint density at radius 3 is 2.00 bits per heavy atom. The van der Waals surface area contributed by atoms with Crippen LogP contribution in [0.25, 0.3) is 0 Å². The van der Waals surface area contributed by atoms with E-state index in [1.807, 2.05) is 0 Å². The van der Waals surface area contributed by atoms with Crippen LogP contribution in [0, 0.1) is 57.2 Å². The molecular formula is C35H64. The lowest BCUT2D eigenvalue weighted by atomic mass is 9.34. The summed E-state index contributed by atoms with van der Waals surface area (Å²) in [5.74, 6) is 5.55. The summed E-state index contributed by atoms with van der Waals surface area (Å²) >= 11 is 0. The Morgan fingerprint density at radius 1 is 0.829 bits per heavy atom. The minimum atomic E-state index is 0.556. The quantitative estimate of drug-likeness (QED) is 0.348. The van der Waals surface area contributed by atoms with Crippen molar-refractivity contribution in [2.75, 3.05) is 0 Å². The topological polar surface area (TPSA) is 0 Å². The van der Waals surface area contributed by atoms with Crippen LogP contribution in [0.2, 0.25) is 0 Å². The van der Waals surface area contributed by atoms with Gasteiger partial charge in [0.25, 0.3) is 0 Å². The van der Waals surface area contributed by atoms with Crippen LogP contribution < -0.4 is 0 Å². The summed E-state index contributed by atoms with van der Waals surface area (Å²) in [6.45, 7) is 34.9. The van der Waals surface area contributed by atoms with Gasteiger partial charge in [0.15, 0.2) is 0 Å². The molecule has 0 aromatic rings. The van der Waals surface area contributed by atoms with Crippen LogP contribution in [0.3, 0.4) is 0 Å². The van der Waals surface area contributed by atoms with E-state index in [-0.39, 0.29) is 0 Å². The van der Waals surface area contributed by atoms with E-state index in [2.05, 4.69) is 89.0 Å². The Hall–Kier alpha value is -0.520. The van der Waals surface area contributed by atoms with Gasteiger partial charge in [0.2, 0.25) is 0 Å². The van der Waals surface area contributed by atoms with Gasteiger partial charge in [0.1, 0.15) is 0 Å². The molecule has 4 aliphatic rings. The van der Waals surface area contributed by atoms with Gasteiger partial charge in [0.05, 0.1) is 0 Å². The predicted molar refractivity (Wildman–Crippen MR) is 159 cm³/mol. The fourth-order valence-corrected chi connectivity index (χ4v) is 10.1. The third-order valence-corrected chi connectivity index (χ3v) is 12.2. The van der Waals surface area contributed by atoms with Crippen molar-refractivity contribution in [2.24, 2.45) is 57.2 Å². The second kappa shape index (κ2) is 11.5. The van der Waals surface area contributed by atoms with Crippen molar-refractivity contribution in [3.63, 3.8) is 0 Å². The molecule has 0 aromatic heterocycles. The lowest BCUT2D eigenvalue weighted by Crippen LogP contribution is -2.63. The van der Waals surface area contributed by atoms with Crippen molar-refractivity contribution in [3.8, 4) is 0 Å². The summed E-state index contributed by atoms with van der Waals surface area (Å²) in [5.41, 5.74) is 3.68. The minimum absolute atomic E-state index is 0.556. The fraction of sp³-hybridized carbons (Fsp3) is 0.886. The molecule has 0 heteroatoms. The van der Waals surface area contributed by atoms with Crippen LogP contribution in [0.15, 0.2) is 25.3 Å². The SMILES string of the molecule is C=C.C=C(C)CCC(C)C1CCC2C3CCC4(C)CC(C)CCC4(C)C3(C)CCC12C.CC(C)C. The molecule has 4 fully saturated rings. The van der Waals surface area contributed by atoms with E-state index in [9.17, 15) is 0 Å². The highest BCUT2D eigenvalue weighted by atomic mass is 14.7. The summed E-state index contributed by atoms with van der Waals surface area (Å²) in [6.07, 6.45) is 16.0.